The maximum atomic E-state index is 12.7. The van der Waals surface area contributed by atoms with E-state index in [0.717, 1.165) is 20.3 Å². The second kappa shape index (κ2) is 11.3. The van der Waals surface area contributed by atoms with Gasteiger partial charge in [0.05, 0.1) is 13.6 Å². The van der Waals surface area contributed by atoms with Crippen LogP contribution in [0.2, 0.25) is 0 Å². The van der Waals surface area contributed by atoms with E-state index in [1.807, 2.05) is 44.2 Å². The van der Waals surface area contributed by atoms with E-state index in [0.29, 0.717) is 21.5 Å². The monoisotopic (exact) mass is 630 g/mol. The number of carbonyl (C=O) groups is 2. The number of aromatic carboxylic acids is 1. The van der Waals surface area contributed by atoms with Crippen LogP contribution in [0, 0.1) is 28.7 Å². The van der Waals surface area contributed by atoms with Crippen LogP contribution in [0.5, 0.6) is 5.75 Å². The molecule has 0 fully saturated rings. The lowest BCUT2D eigenvalue weighted by Crippen LogP contribution is -2.14. The normalized spacial score (nSPS) is 11.0. The molecule has 0 spiro atoms. The molecular formula is C26H20BrIN2O4. The van der Waals surface area contributed by atoms with Gasteiger partial charge >= 0.3 is 5.97 Å². The van der Waals surface area contributed by atoms with Crippen molar-refractivity contribution in [2.24, 2.45) is 0 Å². The minimum Gasteiger partial charge on any atom is -0.487 e. The fourth-order valence-corrected chi connectivity index (χ4v) is 4.84. The maximum absolute atomic E-state index is 12.7. The third-order valence-corrected chi connectivity index (χ3v) is 6.31. The number of hydrogen-bond donors (Lipinski definition) is 2. The number of amides is 1. The van der Waals surface area contributed by atoms with Crippen LogP contribution >= 0.6 is 38.5 Å². The first-order chi connectivity index (χ1) is 16.2. The number of nitrogens with one attached hydrogen (secondary N) is 1. The molecule has 0 heterocycles. The Bertz CT molecular complexity index is 1300. The van der Waals surface area contributed by atoms with Gasteiger partial charge in [0.15, 0.2) is 0 Å². The van der Waals surface area contributed by atoms with Gasteiger partial charge in [-0.2, -0.15) is 5.26 Å². The number of carbonyl (C=O) groups excluding carboxylic acids is 1. The predicted molar refractivity (Wildman–Crippen MR) is 143 cm³/mol. The molecule has 0 atom stereocenters. The number of carboxylic acid groups (broad SMARTS) is 1. The van der Waals surface area contributed by atoms with Crippen molar-refractivity contribution >= 4 is 62.2 Å². The first kappa shape index (κ1) is 25.5. The van der Waals surface area contributed by atoms with E-state index in [2.05, 4.69) is 43.8 Å². The molecule has 0 radical (unpaired) electrons. The van der Waals surface area contributed by atoms with Crippen molar-refractivity contribution < 1.29 is 19.4 Å². The van der Waals surface area contributed by atoms with Crippen LogP contribution in [0.1, 0.15) is 32.6 Å². The molecule has 0 aliphatic carbocycles. The van der Waals surface area contributed by atoms with Gasteiger partial charge in [0, 0.05) is 5.69 Å². The number of carboxylic acids is 1. The second-order valence-corrected chi connectivity index (χ2v) is 9.56. The third-order valence-electron chi connectivity index (χ3n) is 4.92. The number of hydrogen-bond acceptors (Lipinski definition) is 4. The van der Waals surface area contributed by atoms with E-state index in [1.54, 1.807) is 18.2 Å². The Morgan fingerprint density at radius 2 is 1.85 bits per heavy atom. The number of aryl methyl sites for hydroxylation is 2. The smallest absolute Gasteiger partial charge is 0.335 e. The number of rotatable bonds is 7. The first-order valence-corrected chi connectivity index (χ1v) is 12.0. The number of halogens is 2. The third kappa shape index (κ3) is 6.46. The van der Waals surface area contributed by atoms with Crippen LogP contribution in [0.3, 0.4) is 0 Å². The van der Waals surface area contributed by atoms with Crippen LogP contribution in [-0.2, 0) is 11.4 Å². The quantitative estimate of drug-likeness (QED) is 0.177. The molecular weight excluding hydrogens is 611 g/mol. The van der Waals surface area contributed by atoms with Gasteiger partial charge in [0.25, 0.3) is 5.91 Å². The van der Waals surface area contributed by atoms with Crippen LogP contribution in [-0.4, -0.2) is 17.0 Å². The van der Waals surface area contributed by atoms with Crippen LogP contribution in [0.15, 0.2) is 64.6 Å². The van der Waals surface area contributed by atoms with Gasteiger partial charge in [-0.25, -0.2) is 4.79 Å². The lowest BCUT2D eigenvalue weighted by molar-refractivity contribution is -0.112. The van der Waals surface area contributed by atoms with Crippen molar-refractivity contribution in [3.63, 3.8) is 0 Å². The van der Waals surface area contributed by atoms with Crippen molar-refractivity contribution in [1.29, 1.82) is 5.26 Å². The molecule has 0 saturated carbocycles. The highest BCUT2D eigenvalue weighted by molar-refractivity contribution is 14.1. The van der Waals surface area contributed by atoms with E-state index in [4.69, 9.17) is 9.84 Å². The van der Waals surface area contributed by atoms with Crippen molar-refractivity contribution in [3.8, 4) is 11.8 Å². The number of nitrogens with zero attached hydrogens (tertiary/aromatic N) is 1. The lowest BCUT2D eigenvalue weighted by Gasteiger charge is -2.12. The minimum atomic E-state index is -0.979. The van der Waals surface area contributed by atoms with E-state index in [-0.39, 0.29) is 17.7 Å². The molecule has 34 heavy (non-hydrogen) atoms. The summed E-state index contributed by atoms with van der Waals surface area (Å²) >= 11 is 5.63. The van der Waals surface area contributed by atoms with Gasteiger partial charge in [-0.15, -0.1) is 0 Å². The molecule has 172 valence electrons. The molecule has 0 aromatic heterocycles. The van der Waals surface area contributed by atoms with Crippen LogP contribution < -0.4 is 10.1 Å². The largest absolute Gasteiger partial charge is 0.487 e. The molecule has 3 aromatic carbocycles. The van der Waals surface area contributed by atoms with Crippen molar-refractivity contribution in [1.82, 2.24) is 0 Å². The molecule has 0 unspecified atom stereocenters. The molecule has 0 aliphatic heterocycles. The number of benzene rings is 3. The van der Waals surface area contributed by atoms with Crippen molar-refractivity contribution in [2.75, 3.05) is 5.32 Å². The summed E-state index contributed by atoms with van der Waals surface area (Å²) in [5, 5.41) is 21.4. The van der Waals surface area contributed by atoms with E-state index in [1.165, 1.54) is 18.2 Å². The average Bonchev–Trinajstić information content (AvgIpc) is 2.79. The summed E-state index contributed by atoms with van der Waals surface area (Å²) in [6.07, 6.45) is 1.53. The lowest BCUT2D eigenvalue weighted by atomic mass is 10.1. The molecule has 0 bridgehead atoms. The highest BCUT2D eigenvalue weighted by atomic mass is 127. The molecule has 0 aliphatic rings. The Kier molecular flexibility index (Phi) is 8.47. The Balaban J connectivity index is 1.76. The highest BCUT2D eigenvalue weighted by Gasteiger charge is 2.14. The standard InChI is InChI=1S/C26H20BrIN2O4/c1-15-3-4-16(2)23(9-15)30-25(31)20(13-29)10-18-11-21(27)24(22(28)12-18)34-14-17-5-7-19(8-6-17)26(32)33/h3-12H,14H2,1-2H3,(H,30,31)(H,32,33)/b20-10+. The van der Waals surface area contributed by atoms with Gasteiger partial charge < -0.3 is 15.2 Å². The average molecular weight is 631 g/mol. The summed E-state index contributed by atoms with van der Waals surface area (Å²) in [6, 6.07) is 17.8. The Morgan fingerprint density at radius 1 is 1.15 bits per heavy atom. The Labute approximate surface area is 219 Å². The minimum absolute atomic E-state index is 0.0178. The predicted octanol–water partition coefficient (Wildman–Crippen LogP) is 6.49. The van der Waals surface area contributed by atoms with E-state index >= 15 is 0 Å². The number of nitriles is 1. The number of anilines is 1. The summed E-state index contributed by atoms with van der Waals surface area (Å²) in [7, 11) is 0. The molecule has 2 N–H and O–H groups in total. The fourth-order valence-electron chi connectivity index (χ4n) is 3.08. The molecule has 1 amide bonds. The fraction of sp³-hybridized carbons (Fsp3) is 0.115. The Morgan fingerprint density at radius 3 is 2.47 bits per heavy atom. The maximum Gasteiger partial charge on any atom is 0.335 e. The summed E-state index contributed by atoms with van der Waals surface area (Å²) in [4.78, 5) is 23.7. The van der Waals surface area contributed by atoms with Gasteiger partial charge in [0.1, 0.15) is 24.0 Å². The van der Waals surface area contributed by atoms with Gasteiger partial charge in [-0.3, -0.25) is 4.79 Å². The molecule has 8 heteroatoms. The SMILES string of the molecule is Cc1ccc(C)c(NC(=O)/C(C#N)=C/c2cc(Br)c(OCc3ccc(C(=O)O)cc3)c(I)c2)c1. The summed E-state index contributed by atoms with van der Waals surface area (Å²) < 4.78 is 7.38. The highest BCUT2D eigenvalue weighted by Crippen LogP contribution is 2.33. The zero-order valence-corrected chi connectivity index (χ0v) is 22.1. The van der Waals surface area contributed by atoms with Gasteiger partial charge in [-0.1, -0.05) is 24.3 Å². The topological polar surface area (TPSA) is 99.4 Å². The van der Waals surface area contributed by atoms with Gasteiger partial charge in [-0.05, 0) is 111 Å². The number of ether oxygens (including phenoxy) is 1. The van der Waals surface area contributed by atoms with Crippen LogP contribution in [0.25, 0.3) is 6.08 Å². The first-order valence-electron chi connectivity index (χ1n) is 10.1. The van der Waals surface area contributed by atoms with Gasteiger partial charge in [0.2, 0.25) is 0 Å². The molecule has 0 saturated heterocycles. The van der Waals surface area contributed by atoms with E-state index in [9.17, 15) is 14.9 Å². The zero-order valence-electron chi connectivity index (χ0n) is 18.4. The summed E-state index contributed by atoms with van der Waals surface area (Å²) in [6.45, 7) is 4.08. The zero-order chi connectivity index (χ0) is 24.8. The molecule has 3 aromatic rings. The van der Waals surface area contributed by atoms with Crippen molar-refractivity contribution in [3.05, 3.63) is 96.0 Å². The molecule has 6 nitrogen and oxygen atoms in total. The Hall–Kier alpha value is -3.16. The van der Waals surface area contributed by atoms with E-state index < -0.39 is 11.9 Å². The van der Waals surface area contributed by atoms with Crippen LogP contribution in [0.4, 0.5) is 5.69 Å². The summed E-state index contributed by atoms with van der Waals surface area (Å²) in [5.74, 6) is -0.848. The van der Waals surface area contributed by atoms with Crippen molar-refractivity contribution in [2.45, 2.75) is 20.5 Å². The second-order valence-electron chi connectivity index (χ2n) is 7.55. The summed E-state index contributed by atoms with van der Waals surface area (Å²) in [5.41, 5.74) is 4.28. The molecule has 3 rings (SSSR count).